The summed E-state index contributed by atoms with van der Waals surface area (Å²) < 4.78 is 5.53. The summed E-state index contributed by atoms with van der Waals surface area (Å²) in [5.41, 5.74) is 4.84. The Morgan fingerprint density at radius 1 is 1.31 bits per heavy atom. The highest BCUT2D eigenvalue weighted by Gasteiger charge is 2.23. The lowest BCUT2D eigenvalue weighted by Gasteiger charge is -2.19. The van der Waals surface area contributed by atoms with Gasteiger partial charge in [0.2, 0.25) is 5.91 Å². The van der Waals surface area contributed by atoms with E-state index in [1.807, 2.05) is 44.2 Å². The molecule has 1 rings (SSSR count). The number of para-hydroxylation sites is 1. The molecule has 0 aliphatic rings. The van der Waals surface area contributed by atoms with Crippen LogP contribution in [0.3, 0.4) is 0 Å². The molecule has 0 aromatic heterocycles. The van der Waals surface area contributed by atoms with E-state index >= 15 is 0 Å². The predicted molar refractivity (Wildman–Crippen MR) is 64.1 cm³/mol. The quantitative estimate of drug-likeness (QED) is 0.750. The number of amides is 1. The second kappa shape index (κ2) is 5.54. The maximum absolute atomic E-state index is 11.1. The van der Waals surface area contributed by atoms with Crippen molar-refractivity contribution < 1.29 is 9.53 Å². The summed E-state index contributed by atoms with van der Waals surface area (Å²) in [6.07, 6.45) is 1.57. The second-order valence-electron chi connectivity index (χ2n) is 4.51. The van der Waals surface area contributed by atoms with E-state index < -0.39 is 5.41 Å². The summed E-state index contributed by atoms with van der Waals surface area (Å²) in [5, 5.41) is 0. The number of hydrogen-bond acceptors (Lipinski definition) is 2. The van der Waals surface area contributed by atoms with Gasteiger partial charge in [-0.1, -0.05) is 32.0 Å². The van der Waals surface area contributed by atoms with Crippen LogP contribution in [0, 0.1) is 5.41 Å². The van der Waals surface area contributed by atoms with Crippen LogP contribution in [-0.4, -0.2) is 12.5 Å². The fourth-order valence-electron chi connectivity index (χ4n) is 1.34. The molecular formula is C13H19NO2. The van der Waals surface area contributed by atoms with Gasteiger partial charge in [-0.05, 0) is 25.0 Å². The van der Waals surface area contributed by atoms with Crippen LogP contribution in [0.1, 0.15) is 26.7 Å². The molecule has 0 heterocycles. The maximum atomic E-state index is 11.1. The summed E-state index contributed by atoms with van der Waals surface area (Å²) >= 11 is 0. The van der Waals surface area contributed by atoms with Crippen LogP contribution < -0.4 is 10.5 Å². The van der Waals surface area contributed by atoms with Gasteiger partial charge >= 0.3 is 0 Å². The summed E-state index contributed by atoms with van der Waals surface area (Å²) in [4.78, 5) is 11.1. The Labute approximate surface area is 96.6 Å². The molecule has 1 aromatic rings. The normalized spacial score (nSPS) is 11.1. The summed E-state index contributed by atoms with van der Waals surface area (Å²) in [6.45, 7) is 4.33. The molecule has 2 N–H and O–H groups in total. The van der Waals surface area contributed by atoms with E-state index in [-0.39, 0.29) is 5.91 Å². The van der Waals surface area contributed by atoms with Crippen molar-refractivity contribution in [2.45, 2.75) is 26.7 Å². The summed E-state index contributed by atoms with van der Waals surface area (Å²) in [7, 11) is 0. The Balaban J connectivity index is 2.25. The van der Waals surface area contributed by atoms with Gasteiger partial charge in [-0.25, -0.2) is 0 Å². The molecule has 0 atom stereocenters. The topological polar surface area (TPSA) is 52.3 Å². The van der Waals surface area contributed by atoms with Crippen LogP contribution in [0.25, 0.3) is 0 Å². The van der Waals surface area contributed by atoms with E-state index in [0.717, 1.165) is 18.6 Å². The van der Waals surface area contributed by atoms with E-state index in [0.29, 0.717) is 6.61 Å². The van der Waals surface area contributed by atoms with Gasteiger partial charge in [-0.15, -0.1) is 0 Å². The molecule has 3 heteroatoms. The molecule has 88 valence electrons. The SMILES string of the molecule is CC(C)(CCCOc1ccccc1)C(N)=O. The zero-order valence-corrected chi connectivity index (χ0v) is 9.90. The number of nitrogens with two attached hydrogens (primary N) is 1. The maximum Gasteiger partial charge on any atom is 0.223 e. The van der Waals surface area contributed by atoms with E-state index in [1.165, 1.54) is 0 Å². The van der Waals surface area contributed by atoms with Crippen LogP contribution in [0.2, 0.25) is 0 Å². The molecule has 0 aliphatic carbocycles. The largest absolute Gasteiger partial charge is 0.494 e. The Morgan fingerprint density at radius 3 is 2.50 bits per heavy atom. The minimum absolute atomic E-state index is 0.257. The van der Waals surface area contributed by atoms with Crippen molar-refractivity contribution in [1.29, 1.82) is 0 Å². The molecule has 0 aliphatic heterocycles. The summed E-state index contributed by atoms with van der Waals surface area (Å²) in [5.74, 6) is 0.603. The third-order valence-electron chi connectivity index (χ3n) is 2.63. The van der Waals surface area contributed by atoms with Crippen molar-refractivity contribution >= 4 is 5.91 Å². The molecule has 0 saturated carbocycles. The number of rotatable bonds is 6. The van der Waals surface area contributed by atoms with Crippen LogP contribution >= 0.6 is 0 Å². The lowest BCUT2D eigenvalue weighted by Crippen LogP contribution is -2.31. The Bertz CT molecular complexity index is 333. The van der Waals surface area contributed by atoms with E-state index in [1.54, 1.807) is 0 Å². The van der Waals surface area contributed by atoms with Crippen LogP contribution in [0.4, 0.5) is 0 Å². The molecular weight excluding hydrogens is 202 g/mol. The van der Waals surface area contributed by atoms with Crippen LogP contribution in [0.15, 0.2) is 30.3 Å². The second-order valence-corrected chi connectivity index (χ2v) is 4.51. The van der Waals surface area contributed by atoms with E-state index in [9.17, 15) is 4.79 Å². The van der Waals surface area contributed by atoms with Crippen molar-refractivity contribution in [1.82, 2.24) is 0 Å². The Kier molecular flexibility index (Phi) is 4.35. The monoisotopic (exact) mass is 221 g/mol. The Hall–Kier alpha value is -1.51. The molecule has 16 heavy (non-hydrogen) atoms. The first-order valence-electron chi connectivity index (χ1n) is 5.50. The molecule has 0 radical (unpaired) electrons. The number of carbonyl (C=O) groups is 1. The molecule has 0 bridgehead atoms. The number of hydrogen-bond donors (Lipinski definition) is 1. The highest BCUT2D eigenvalue weighted by Crippen LogP contribution is 2.21. The molecule has 3 nitrogen and oxygen atoms in total. The predicted octanol–water partition coefficient (Wildman–Crippen LogP) is 2.36. The molecule has 0 spiro atoms. The zero-order valence-electron chi connectivity index (χ0n) is 9.90. The minimum Gasteiger partial charge on any atom is -0.494 e. The summed E-state index contributed by atoms with van der Waals surface area (Å²) in [6, 6.07) is 9.65. The van der Waals surface area contributed by atoms with Gasteiger partial charge in [-0.2, -0.15) is 0 Å². The average molecular weight is 221 g/mol. The van der Waals surface area contributed by atoms with Crippen molar-refractivity contribution in [3.05, 3.63) is 30.3 Å². The number of ether oxygens (including phenoxy) is 1. The van der Waals surface area contributed by atoms with Gasteiger partial charge in [0.15, 0.2) is 0 Å². The fraction of sp³-hybridized carbons (Fsp3) is 0.462. The van der Waals surface area contributed by atoms with Crippen molar-refractivity contribution in [3.63, 3.8) is 0 Å². The lowest BCUT2D eigenvalue weighted by atomic mass is 9.87. The highest BCUT2D eigenvalue weighted by molar-refractivity contribution is 5.79. The van der Waals surface area contributed by atoms with Crippen LogP contribution in [-0.2, 0) is 4.79 Å². The highest BCUT2D eigenvalue weighted by atomic mass is 16.5. The molecule has 1 amide bonds. The van der Waals surface area contributed by atoms with E-state index in [4.69, 9.17) is 10.5 Å². The minimum atomic E-state index is -0.444. The Morgan fingerprint density at radius 2 is 1.94 bits per heavy atom. The number of benzene rings is 1. The molecule has 0 saturated heterocycles. The first-order chi connectivity index (χ1) is 7.52. The lowest BCUT2D eigenvalue weighted by molar-refractivity contribution is -0.126. The van der Waals surface area contributed by atoms with E-state index in [2.05, 4.69) is 0 Å². The number of primary amides is 1. The van der Waals surface area contributed by atoms with Gasteiger partial charge in [-0.3, -0.25) is 4.79 Å². The van der Waals surface area contributed by atoms with Gasteiger partial charge in [0.05, 0.1) is 6.61 Å². The van der Waals surface area contributed by atoms with Crippen molar-refractivity contribution in [2.24, 2.45) is 11.1 Å². The van der Waals surface area contributed by atoms with Gasteiger partial charge < -0.3 is 10.5 Å². The van der Waals surface area contributed by atoms with Crippen LogP contribution in [0.5, 0.6) is 5.75 Å². The number of carbonyl (C=O) groups excluding carboxylic acids is 1. The molecule has 1 aromatic carbocycles. The first-order valence-corrected chi connectivity index (χ1v) is 5.50. The third-order valence-corrected chi connectivity index (χ3v) is 2.63. The average Bonchev–Trinajstić information content (AvgIpc) is 2.26. The van der Waals surface area contributed by atoms with Gasteiger partial charge in [0, 0.05) is 5.41 Å². The molecule has 0 fully saturated rings. The van der Waals surface area contributed by atoms with Crippen molar-refractivity contribution in [2.75, 3.05) is 6.61 Å². The zero-order chi connectivity index (χ0) is 12.0. The van der Waals surface area contributed by atoms with Gasteiger partial charge in [0.25, 0.3) is 0 Å². The third kappa shape index (κ3) is 3.93. The standard InChI is InChI=1S/C13H19NO2/c1-13(2,12(14)15)9-6-10-16-11-7-4-3-5-8-11/h3-5,7-8H,6,9-10H2,1-2H3,(H2,14,15). The smallest absolute Gasteiger partial charge is 0.223 e. The molecule has 0 unspecified atom stereocenters. The fourth-order valence-corrected chi connectivity index (χ4v) is 1.34. The first kappa shape index (κ1) is 12.6. The van der Waals surface area contributed by atoms with Gasteiger partial charge in [0.1, 0.15) is 5.75 Å². The van der Waals surface area contributed by atoms with Crippen molar-refractivity contribution in [3.8, 4) is 5.75 Å².